The van der Waals surface area contributed by atoms with Crippen molar-refractivity contribution in [2.75, 3.05) is 23.7 Å². The lowest BCUT2D eigenvalue weighted by Gasteiger charge is -2.04. The molecule has 0 bridgehead atoms. The number of aromatic nitrogens is 3. The van der Waals surface area contributed by atoms with Crippen LogP contribution >= 0.6 is 11.6 Å². The molecule has 1 heterocycles. The lowest BCUT2D eigenvalue weighted by atomic mass is 10.7. The van der Waals surface area contributed by atoms with Crippen LogP contribution in [-0.2, 0) is 0 Å². The highest BCUT2D eigenvalue weighted by molar-refractivity contribution is 6.28. The molecule has 0 amide bonds. The van der Waals surface area contributed by atoms with Crippen molar-refractivity contribution >= 4 is 23.5 Å². The van der Waals surface area contributed by atoms with Crippen molar-refractivity contribution in [1.29, 1.82) is 0 Å². The Morgan fingerprint density at radius 2 is 1.46 bits per heavy atom. The van der Waals surface area contributed by atoms with Gasteiger partial charge in [0.1, 0.15) is 0 Å². The summed E-state index contributed by atoms with van der Waals surface area (Å²) in [4.78, 5) is 11.5. The number of halogens is 1. The van der Waals surface area contributed by atoms with Crippen LogP contribution in [0.1, 0.15) is 0 Å². The lowest BCUT2D eigenvalue weighted by Crippen LogP contribution is -2.08. The van der Waals surface area contributed by atoms with Crippen molar-refractivity contribution in [3.8, 4) is 0 Å². The van der Waals surface area contributed by atoms with Gasteiger partial charge in [0.2, 0.25) is 17.2 Å². The number of hydrogen-bond acceptors (Lipinski definition) is 5. The van der Waals surface area contributed by atoms with E-state index in [-0.39, 0.29) is 18.4 Å². The van der Waals surface area contributed by atoms with E-state index in [1.165, 1.54) is 0 Å². The standard InChI is InChI=1S/C7H8ClN5/c1-3-9-6-11-5(8)12-7(13-6)10-4-2/h1-2H,3-4H2,(H2,9,10,11,12,13). The highest BCUT2D eigenvalue weighted by atomic mass is 35.5. The summed E-state index contributed by atoms with van der Waals surface area (Å²) in [5, 5.41) is 5.48. The van der Waals surface area contributed by atoms with Gasteiger partial charge >= 0.3 is 0 Å². The van der Waals surface area contributed by atoms with E-state index in [2.05, 4.69) is 25.6 Å². The largest absolute Gasteiger partial charge is 0.354 e. The van der Waals surface area contributed by atoms with Crippen molar-refractivity contribution in [2.24, 2.45) is 0 Å². The van der Waals surface area contributed by atoms with Crippen LogP contribution < -0.4 is 10.6 Å². The van der Waals surface area contributed by atoms with Crippen molar-refractivity contribution in [1.82, 2.24) is 15.0 Å². The maximum absolute atomic E-state index is 5.60. The van der Waals surface area contributed by atoms with Gasteiger partial charge in [-0.05, 0) is 25.4 Å². The highest BCUT2D eigenvalue weighted by Gasteiger charge is 2.01. The average molecular weight is 198 g/mol. The van der Waals surface area contributed by atoms with E-state index in [0.717, 1.165) is 0 Å². The Labute approximate surface area is 82.0 Å². The fourth-order valence-corrected chi connectivity index (χ4v) is 0.851. The molecule has 0 aliphatic carbocycles. The van der Waals surface area contributed by atoms with E-state index < -0.39 is 0 Å². The Kier molecular flexibility index (Phi) is 3.70. The molecule has 0 saturated heterocycles. The molecule has 1 rings (SSSR count). The first kappa shape index (κ1) is 9.98. The van der Waals surface area contributed by atoms with Crippen LogP contribution in [0.25, 0.3) is 0 Å². The minimum absolute atomic E-state index is 0.0851. The molecule has 0 aromatic carbocycles. The first-order valence-electron chi connectivity index (χ1n) is 3.55. The molecule has 0 aliphatic heterocycles. The Hall–Kier alpha value is -1.10. The third-order valence-corrected chi connectivity index (χ3v) is 1.30. The van der Waals surface area contributed by atoms with Gasteiger partial charge in [-0.15, -0.1) is 0 Å². The van der Waals surface area contributed by atoms with E-state index in [4.69, 9.17) is 25.4 Å². The second kappa shape index (κ2) is 4.81. The molecule has 68 valence electrons. The lowest BCUT2D eigenvalue weighted by molar-refractivity contribution is 1.02. The first-order valence-corrected chi connectivity index (χ1v) is 3.93. The molecular formula is C7H8ClN5. The molecule has 5 nitrogen and oxygen atoms in total. The summed E-state index contributed by atoms with van der Waals surface area (Å²) in [6, 6.07) is 0. The second-order valence-electron chi connectivity index (χ2n) is 2.01. The molecule has 0 aliphatic rings. The Balaban J connectivity index is 2.83. The number of anilines is 2. The maximum Gasteiger partial charge on any atom is 0.228 e. The number of nitrogens with zero attached hydrogens (tertiary/aromatic N) is 3. The molecule has 4 radical (unpaired) electrons. The van der Waals surface area contributed by atoms with Crippen LogP contribution in [0.3, 0.4) is 0 Å². The summed E-state index contributed by atoms with van der Waals surface area (Å²) in [7, 11) is 0. The van der Waals surface area contributed by atoms with Gasteiger partial charge in [-0.3, -0.25) is 0 Å². The molecular weight excluding hydrogens is 190 g/mol. The highest BCUT2D eigenvalue weighted by Crippen LogP contribution is 2.08. The average Bonchev–Trinajstić information content (AvgIpc) is 2.04. The Bertz CT molecular complexity index is 253. The molecule has 0 unspecified atom stereocenters. The summed E-state index contributed by atoms with van der Waals surface area (Å²) in [6.45, 7) is 10.9. The number of rotatable bonds is 4. The Morgan fingerprint density at radius 1 is 1.00 bits per heavy atom. The number of nitrogens with one attached hydrogen (secondary N) is 2. The molecule has 6 heteroatoms. The Morgan fingerprint density at radius 3 is 1.85 bits per heavy atom. The topological polar surface area (TPSA) is 62.7 Å². The van der Waals surface area contributed by atoms with Crippen molar-refractivity contribution in [3.63, 3.8) is 0 Å². The first-order chi connectivity index (χ1) is 6.26. The maximum atomic E-state index is 5.60. The van der Waals surface area contributed by atoms with Crippen molar-refractivity contribution in [2.45, 2.75) is 0 Å². The molecule has 0 saturated carbocycles. The SMILES string of the molecule is [CH]CNc1nc(Cl)nc(NC[CH])n1. The smallest absolute Gasteiger partial charge is 0.228 e. The van der Waals surface area contributed by atoms with E-state index in [9.17, 15) is 0 Å². The van der Waals surface area contributed by atoms with E-state index in [0.29, 0.717) is 11.9 Å². The van der Waals surface area contributed by atoms with Crippen LogP contribution in [0.5, 0.6) is 0 Å². The molecule has 13 heavy (non-hydrogen) atoms. The van der Waals surface area contributed by atoms with Crippen molar-refractivity contribution in [3.05, 3.63) is 19.1 Å². The third-order valence-electron chi connectivity index (χ3n) is 1.13. The van der Waals surface area contributed by atoms with Crippen LogP contribution in [-0.4, -0.2) is 28.0 Å². The van der Waals surface area contributed by atoms with Gasteiger partial charge < -0.3 is 10.6 Å². The van der Waals surface area contributed by atoms with Crippen LogP contribution in [0.15, 0.2) is 0 Å². The second-order valence-corrected chi connectivity index (χ2v) is 2.35. The monoisotopic (exact) mass is 197 g/mol. The summed E-state index contributed by atoms with van der Waals surface area (Å²) in [5.41, 5.74) is 0. The van der Waals surface area contributed by atoms with Gasteiger partial charge in [-0.1, -0.05) is 0 Å². The van der Waals surface area contributed by atoms with E-state index in [1.807, 2.05) is 0 Å². The normalized spacial score (nSPS) is 9.77. The number of hydrogen-bond donors (Lipinski definition) is 2. The summed E-state index contributed by atoms with van der Waals surface area (Å²) in [6.07, 6.45) is 0. The van der Waals surface area contributed by atoms with Crippen LogP contribution in [0.4, 0.5) is 11.9 Å². The predicted octanol–water partition coefficient (Wildman–Crippen LogP) is 0.771. The van der Waals surface area contributed by atoms with Crippen molar-refractivity contribution < 1.29 is 0 Å². The quantitative estimate of drug-likeness (QED) is 0.747. The summed E-state index contributed by atoms with van der Waals surface area (Å²) >= 11 is 5.60. The molecule has 2 N–H and O–H groups in total. The minimum atomic E-state index is 0.0851. The molecule has 0 atom stereocenters. The zero-order chi connectivity index (χ0) is 9.68. The third kappa shape index (κ3) is 3.02. The minimum Gasteiger partial charge on any atom is -0.354 e. The fourth-order valence-electron chi connectivity index (χ4n) is 0.691. The van der Waals surface area contributed by atoms with Crippen LogP contribution in [0, 0.1) is 13.8 Å². The van der Waals surface area contributed by atoms with Crippen LogP contribution in [0.2, 0.25) is 5.28 Å². The summed E-state index contributed by atoms with van der Waals surface area (Å²) < 4.78 is 0. The molecule has 0 spiro atoms. The van der Waals surface area contributed by atoms with Gasteiger partial charge in [-0.25, -0.2) is 0 Å². The molecule has 1 aromatic rings. The molecule has 1 aromatic heterocycles. The van der Waals surface area contributed by atoms with E-state index in [1.54, 1.807) is 0 Å². The zero-order valence-corrected chi connectivity index (χ0v) is 7.54. The molecule has 0 fully saturated rings. The fraction of sp³-hybridized carbons (Fsp3) is 0.286. The summed E-state index contributed by atoms with van der Waals surface area (Å²) in [5.74, 6) is 0.636. The van der Waals surface area contributed by atoms with Gasteiger partial charge in [0, 0.05) is 13.1 Å². The zero-order valence-electron chi connectivity index (χ0n) is 6.79. The van der Waals surface area contributed by atoms with Gasteiger partial charge in [0.05, 0.1) is 0 Å². The van der Waals surface area contributed by atoms with E-state index >= 15 is 0 Å². The van der Waals surface area contributed by atoms with Gasteiger partial charge in [-0.2, -0.15) is 15.0 Å². The van der Waals surface area contributed by atoms with Gasteiger partial charge in [0.25, 0.3) is 0 Å². The predicted molar refractivity (Wildman–Crippen MR) is 50.4 cm³/mol. The van der Waals surface area contributed by atoms with Gasteiger partial charge in [0.15, 0.2) is 0 Å².